The second kappa shape index (κ2) is 9.51. The van der Waals surface area contributed by atoms with E-state index in [1.165, 1.54) is 6.07 Å². The Kier molecular flexibility index (Phi) is 6.76. The predicted molar refractivity (Wildman–Crippen MR) is 136 cm³/mol. The molecular formula is C26H29N2O7S+. The fourth-order valence-electron chi connectivity index (χ4n) is 4.77. The Hall–Kier alpha value is -3.50. The predicted octanol–water partition coefficient (Wildman–Crippen LogP) is 4.20. The van der Waals surface area contributed by atoms with Crippen molar-refractivity contribution in [2.24, 2.45) is 0 Å². The number of aryl methyl sites for hydroxylation is 1. The van der Waals surface area contributed by atoms with E-state index in [1.807, 2.05) is 36.0 Å². The van der Waals surface area contributed by atoms with Crippen LogP contribution in [0.5, 0.6) is 0 Å². The standard InChI is InChI=1S/C26H28N2O7S/c1-17-16-26(2,3)28(36(32,33)34)22-15-23-19(13-20(17)22)14-21(25(31)35-23)18-8-11-27(12-9-18)10-6-4-5-7-24(29)30/h8-9,11-16H,4-7,10H2,1-3H3,(H-,29,30,32,33,34)/p+1. The van der Waals surface area contributed by atoms with Gasteiger partial charge in [-0.05, 0) is 51.3 Å². The molecule has 3 aromatic rings. The zero-order chi connectivity index (χ0) is 26.3. The van der Waals surface area contributed by atoms with Crippen LogP contribution >= 0.6 is 0 Å². The molecule has 0 saturated carbocycles. The SMILES string of the molecule is CC1=CC(C)(C)N(S(=O)(=O)O)c2cc3oc(=O)c(-c4cc[n+](CCCCCC(=O)O)cc4)cc3cc21. The number of aliphatic carboxylic acids is 1. The minimum absolute atomic E-state index is 0.172. The molecule has 9 nitrogen and oxygen atoms in total. The molecule has 1 aromatic carbocycles. The van der Waals surface area contributed by atoms with Gasteiger partial charge in [-0.25, -0.2) is 13.7 Å². The number of carbonyl (C=O) groups is 1. The lowest BCUT2D eigenvalue weighted by molar-refractivity contribution is -0.697. The zero-order valence-corrected chi connectivity index (χ0v) is 21.2. The molecule has 4 rings (SSSR count). The van der Waals surface area contributed by atoms with E-state index < -0.39 is 27.4 Å². The molecule has 0 spiro atoms. The van der Waals surface area contributed by atoms with Crippen molar-refractivity contribution in [1.82, 2.24) is 0 Å². The van der Waals surface area contributed by atoms with Gasteiger partial charge in [0.25, 0.3) is 0 Å². The fraction of sp³-hybridized carbons (Fsp3) is 0.346. The number of nitrogens with zero attached hydrogens (tertiary/aromatic N) is 2. The topological polar surface area (TPSA) is 129 Å². The average molecular weight is 514 g/mol. The zero-order valence-electron chi connectivity index (χ0n) is 20.4. The number of aromatic nitrogens is 1. The van der Waals surface area contributed by atoms with Crippen LogP contribution in [-0.2, 0) is 21.6 Å². The second-order valence-electron chi connectivity index (χ2n) is 9.61. The highest BCUT2D eigenvalue weighted by Gasteiger charge is 2.39. The molecule has 36 heavy (non-hydrogen) atoms. The third-order valence-corrected chi connectivity index (χ3v) is 7.46. The summed E-state index contributed by atoms with van der Waals surface area (Å²) in [7, 11) is -4.58. The summed E-state index contributed by atoms with van der Waals surface area (Å²) in [6.45, 7) is 5.96. The lowest BCUT2D eigenvalue weighted by atomic mass is 9.90. The van der Waals surface area contributed by atoms with E-state index in [0.29, 0.717) is 28.5 Å². The number of unbranched alkanes of at least 4 members (excludes halogenated alkanes) is 2. The molecule has 10 heteroatoms. The third-order valence-electron chi connectivity index (χ3n) is 6.33. The molecule has 0 unspecified atom stereocenters. The van der Waals surface area contributed by atoms with Crippen molar-refractivity contribution in [1.29, 1.82) is 0 Å². The number of pyridine rings is 1. The Morgan fingerprint density at radius 2 is 1.75 bits per heavy atom. The number of allylic oxidation sites excluding steroid dienone is 1. The van der Waals surface area contributed by atoms with Gasteiger partial charge < -0.3 is 9.52 Å². The van der Waals surface area contributed by atoms with Crippen molar-refractivity contribution in [3.8, 4) is 11.1 Å². The van der Waals surface area contributed by atoms with E-state index in [9.17, 15) is 22.6 Å². The van der Waals surface area contributed by atoms with Crippen LogP contribution in [0.4, 0.5) is 5.69 Å². The van der Waals surface area contributed by atoms with Crippen molar-refractivity contribution in [3.63, 3.8) is 0 Å². The molecule has 3 heterocycles. The summed E-state index contributed by atoms with van der Waals surface area (Å²) in [5.74, 6) is -0.785. The first-order valence-corrected chi connectivity index (χ1v) is 13.1. The summed E-state index contributed by atoms with van der Waals surface area (Å²) in [6.07, 6.45) is 7.98. The van der Waals surface area contributed by atoms with Crippen molar-refractivity contribution in [3.05, 3.63) is 64.8 Å². The van der Waals surface area contributed by atoms with Gasteiger partial charge in [0.2, 0.25) is 0 Å². The molecular weight excluding hydrogens is 484 g/mol. The molecule has 0 fully saturated rings. The molecule has 1 aliphatic heterocycles. The van der Waals surface area contributed by atoms with E-state index in [1.54, 1.807) is 32.1 Å². The number of benzene rings is 1. The highest BCUT2D eigenvalue weighted by atomic mass is 32.2. The van der Waals surface area contributed by atoms with E-state index in [-0.39, 0.29) is 17.7 Å². The van der Waals surface area contributed by atoms with Crippen molar-refractivity contribution < 1.29 is 31.9 Å². The minimum atomic E-state index is -4.58. The Morgan fingerprint density at radius 1 is 1.08 bits per heavy atom. The van der Waals surface area contributed by atoms with E-state index in [4.69, 9.17) is 9.52 Å². The van der Waals surface area contributed by atoms with Crippen LogP contribution < -0.4 is 14.5 Å². The quantitative estimate of drug-likeness (QED) is 0.200. The summed E-state index contributed by atoms with van der Waals surface area (Å²) >= 11 is 0. The monoisotopic (exact) mass is 513 g/mol. The molecule has 190 valence electrons. The number of hydrogen-bond donors (Lipinski definition) is 2. The van der Waals surface area contributed by atoms with Gasteiger partial charge in [0.15, 0.2) is 12.4 Å². The highest BCUT2D eigenvalue weighted by molar-refractivity contribution is 7.87. The number of fused-ring (bicyclic) bond motifs is 2. The van der Waals surface area contributed by atoms with E-state index in [2.05, 4.69) is 0 Å². The van der Waals surface area contributed by atoms with Crippen molar-refractivity contribution in [2.45, 2.75) is 58.5 Å². The number of anilines is 1. The van der Waals surface area contributed by atoms with Crippen LogP contribution in [0.15, 0.2) is 58.0 Å². The van der Waals surface area contributed by atoms with Gasteiger partial charge in [0.05, 0.1) is 16.8 Å². The third kappa shape index (κ3) is 5.19. The highest BCUT2D eigenvalue weighted by Crippen LogP contribution is 2.42. The molecule has 0 bridgehead atoms. The smallest absolute Gasteiger partial charge is 0.360 e. The molecule has 0 saturated heterocycles. The van der Waals surface area contributed by atoms with E-state index >= 15 is 0 Å². The van der Waals surface area contributed by atoms with Gasteiger partial charge in [-0.15, -0.1) is 0 Å². The first kappa shape index (κ1) is 25.6. The van der Waals surface area contributed by atoms with Crippen LogP contribution in [0.25, 0.3) is 27.7 Å². The number of carboxylic acids is 1. The maximum atomic E-state index is 12.8. The van der Waals surface area contributed by atoms with Crippen LogP contribution in [0.2, 0.25) is 0 Å². The van der Waals surface area contributed by atoms with Crippen molar-refractivity contribution >= 4 is 38.5 Å². The summed E-state index contributed by atoms with van der Waals surface area (Å²) in [5.41, 5.74) is 1.41. The maximum Gasteiger partial charge on any atom is 0.360 e. The molecule has 0 aliphatic carbocycles. The number of rotatable bonds is 8. The molecule has 0 atom stereocenters. The Morgan fingerprint density at radius 3 is 2.39 bits per heavy atom. The normalized spacial score (nSPS) is 15.0. The maximum absolute atomic E-state index is 12.8. The van der Waals surface area contributed by atoms with Gasteiger partial charge in [0, 0.05) is 47.6 Å². The van der Waals surface area contributed by atoms with Crippen LogP contribution in [0, 0.1) is 0 Å². The van der Waals surface area contributed by atoms with Crippen LogP contribution in [0.3, 0.4) is 0 Å². The largest absolute Gasteiger partial charge is 0.481 e. The Balaban J connectivity index is 1.66. The number of hydrogen-bond acceptors (Lipinski definition) is 5. The fourth-order valence-corrected chi connectivity index (χ4v) is 5.82. The molecule has 2 N–H and O–H groups in total. The van der Waals surface area contributed by atoms with E-state index in [0.717, 1.165) is 29.3 Å². The molecule has 0 amide bonds. The van der Waals surface area contributed by atoms with Gasteiger partial charge in [-0.2, -0.15) is 8.42 Å². The van der Waals surface area contributed by atoms with Crippen LogP contribution in [0.1, 0.15) is 52.0 Å². The number of carboxylic acid groups (broad SMARTS) is 1. The molecule has 2 aromatic heterocycles. The van der Waals surface area contributed by atoms with Gasteiger partial charge >= 0.3 is 21.9 Å². The lowest BCUT2D eigenvalue weighted by Gasteiger charge is -2.40. The minimum Gasteiger partial charge on any atom is -0.481 e. The first-order chi connectivity index (χ1) is 16.9. The summed E-state index contributed by atoms with van der Waals surface area (Å²) in [6, 6.07) is 8.60. The summed E-state index contributed by atoms with van der Waals surface area (Å²) < 4.78 is 42.8. The van der Waals surface area contributed by atoms with Crippen LogP contribution in [-0.4, -0.2) is 29.6 Å². The van der Waals surface area contributed by atoms with Gasteiger partial charge in [-0.3, -0.25) is 9.35 Å². The van der Waals surface area contributed by atoms with Gasteiger partial charge in [-0.1, -0.05) is 6.08 Å². The van der Waals surface area contributed by atoms with Gasteiger partial charge in [0.1, 0.15) is 12.1 Å². The Bertz CT molecular complexity index is 1520. The molecule has 1 aliphatic rings. The van der Waals surface area contributed by atoms with Crippen molar-refractivity contribution in [2.75, 3.05) is 4.31 Å². The molecule has 0 radical (unpaired) electrons. The Labute approximate surface area is 209 Å². The summed E-state index contributed by atoms with van der Waals surface area (Å²) in [5, 5.41) is 9.34. The average Bonchev–Trinajstić information content (AvgIpc) is 2.76. The lowest BCUT2D eigenvalue weighted by Crippen LogP contribution is -2.48. The second-order valence-corrected chi connectivity index (χ2v) is 10.9. The first-order valence-electron chi connectivity index (χ1n) is 11.7. The summed E-state index contributed by atoms with van der Waals surface area (Å²) in [4.78, 5) is 23.4.